The number of rotatable bonds is 11. The minimum absolute atomic E-state index is 0.0616. The van der Waals surface area contributed by atoms with Crippen LogP contribution in [-0.2, 0) is 32.6 Å². The van der Waals surface area contributed by atoms with Crippen LogP contribution in [0.5, 0.6) is 0 Å². The number of nitrogens with one attached hydrogen (secondary N) is 1. The first-order chi connectivity index (χ1) is 20.1. The molecule has 0 aromatic heterocycles. The van der Waals surface area contributed by atoms with Crippen LogP contribution in [0, 0.1) is 6.92 Å². The SMILES string of the molecule is CNC(=O)C(Cc1ccccc1)N(Cc1cccc(Br)c1)C(=O)CN(c1cccc(Br)c1)S(=O)(=O)c1ccc(C)cc1. The number of benzene rings is 4. The van der Waals surface area contributed by atoms with E-state index < -0.39 is 28.5 Å². The van der Waals surface area contributed by atoms with Gasteiger partial charge in [0.05, 0.1) is 10.6 Å². The Balaban J connectivity index is 1.79. The zero-order valence-electron chi connectivity index (χ0n) is 23.2. The number of likely N-dealkylation sites (N-methyl/N-ethyl adjacent to an activating group) is 1. The first kappa shape index (κ1) is 31.5. The van der Waals surface area contributed by atoms with Crippen LogP contribution in [0.1, 0.15) is 16.7 Å². The summed E-state index contributed by atoms with van der Waals surface area (Å²) in [6.45, 7) is 1.46. The molecule has 0 bridgehead atoms. The molecule has 0 aliphatic heterocycles. The number of anilines is 1. The van der Waals surface area contributed by atoms with Gasteiger partial charge < -0.3 is 10.2 Å². The van der Waals surface area contributed by atoms with E-state index >= 15 is 0 Å². The van der Waals surface area contributed by atoms with Gasteiger partial charge in [0.15, 0.2) is 0 Å². The van der Waals surface area contributed by atoms with Crippen molar-refractivity contribution in [3.63, 3.8) is 0 Å². The number of sulfonamides is 1. The van der Waals surface area contributed by atoms with Crippen molar-refractivity contribution in [1.82, 2.24) is 10.2 Å². The molecular formula is C32H31Br2N3O4S. The van der Waals surface area contributed by atoms with Gasteiger partial charge in [-0.2, -0.15) is 0 Å². The van der Waals surface area contributed by atoms with Crippen molar-refractivity contribution in [2.45, 2.75) is 30.8 Å². The Morgan fingerprint density at radius 2 is 1.43 bits per heavy atom. The normalized spacial score (nSPS) is 11.9. The van der Waals surface area contributed by atoms with E-state index in [0.29, 0.717) is 10.2 Å². The smallest absolute Gasteiger partial charge is 0.264 e. The Bertz CT molecular complexity index is 1650. The molecule has 0 saturated carbocycles. The number of amides is 2. The number of halogens is 2. The molecule has 0 radical (unpaired) electrons. The number of carbonyl (C=O) groups excluding carboxylic acids is 2. The fourth-order valence-corrected chi connectivity index (χ4v) is 6.79. The molecular weight excluding hydrogens is 682 g/mol. The average molecular weight is 713 g/mol. The summed E-state index contributed by atoms with van der Waals surface area (Å²) in [5.41, 5.74) is 2.89. The largest absolute Gasteiger partial charge is 0.357 e. The third kappa shape index (κ3) is 7.87. The Morgan fingerprint density at radius 1 is 0.810 bits per heavy atom. The molecule has 0 saturated heterocycles. The summed E-state index contributed by atoms with van der Waals surface area (Å²) < 4.78 is 30.6. The fraction of sp³-hybridized carbons (Fsp3) is 0.188. The molecule has 0 heterocycles. The van der Waals surface area contributed by atoms with Gasteiger partial charge in [0.1, 0.15) is 12.6 Å². The number of aryl methyl sites for hydroxylation is 1. The van der Waals surface area contributed by atoms with E-state index in [2.05, 4.69) is 37.2 Å². The van der Waals surface area contributed by atoms with E-state index in [4.69, 9.17) is 0 Å². The molecule has 0 fully saturated rings. The van der Waals surface area contributed by atoms with Crippen LogP contribution in [0.15, 0.2) is 117 Å². The predicted molar refractivity (Wildman–Crippen MR) is 173 cm³/mol. The zero-order valence-corrected chi connectivity index (χ0v) is 27.2. The molecule has 0 aliphatic carbocycles. The fourth-order valence-electron chi connectivity index (χ4n) is 4.55. The summed E-state index contributed by atoms with van der Waals surface area (Å²) in [5.74, 6) is -0.868. The van der Waals surface area contributed by atoms with Gasteiger partial charge in [0, 0.05) is 29.0 Å². The highest BCUT2D eigenvalue weighted by Gasteiger charge is 2.34. The molecule has 4 rings (SSSR count). The lowest BCUT2D eigenvalue weighted by Gasteiger charge is -2.33. The van der Waals surface area contributed by atoms with Gasteiger partial charge >= 0.3 is 0 Å². The summed E-state index contributed by atoms with van der Waals surface area (Å²) in [5, 5.41) is 2.69. The summed E-state index contributed by atoms with van der Waals surface area (Å²) in [4.78, 5) is 29.1. The first-order valence-corrected chi connectivity index (χ1v) is 16.3. The van der Waals surface area contributed by atoms with Crippen LogP contribution < -0.4 is 9.62 Å². The van der Waals surface area contributed by atoms with Crippen LogP contribution in [0.2, 0.25) is 0 Å². The van der Waals surface area contributed by atoms with Crippen molar-refractivity contribution in [1.29, 1.82) is 0 Å². The van der Waals surface area contributed by atoms with Gasteiger partial charge in [-0.15, -0.1) is 0 Å². The van der Waals surface area contributed by atoms with Gasteiger partial charge in [-0.25, -0.2) is 8.42 Å². The van der Waals surface area contributed by atoms with Gasteiger partial charge in [-0.05, 0) is 60.5 Å². The van der Waals surface area contributed by atoms with Crippen molar-refractivity contribution in [2.24, 2.45) is 0 Å². The molecule has 4 aromatic rings. The predicted octanol–water partition coefficient (Wildman–Crippen LogP) is 6.10. The molecule has 10 heteroatoms. The van der Waals surface area contributed by atoms with Crippen LogP contribution >= 0.6 is 31.9 Å². The Labute approximate surface area is 263 Å². The lowest BCUT2D eigenvalue weighted by molar-refractivity contribution is -0.139. The molecule has 0 spiro atoms. The molecule has 1 N–H and O–H groups in total. The van der Waals surface area contributed by atoms with Crippen molar-refractivity contribution in [3.8, 4) is 0 Å². The maximum Gasteiger partial charge on any atom is 0.264 e. The lowest BCUT2D eigenvalue weighted by atomic mass is 10.0. The third-order valence-corrected chi connectivity index (χ3v) is 9.52. The third-order valence-electron chi connectivity index (χ3n) is 6.74. The van der Waals surface area contributed by atoms with E-state index in [1.54, 1.807) is 36.4 Å². The van der Waals surface area contributed by atoms with Crippen molar-refractivity contribution in [3.05, 3.63) is 129 Å². The minimum atomic E-state index is -4.15. The average Bonchev–Trinajstić information content (AvgIpc) is 2.98. The number of hydrogen-bond acceptors (Lipinski definition) is 4. The summed E-state index contributed by atoms with van der Waals surface area (Å²) in [6.07, 6.45) is 0.252. The molecule has 2 amide bonds. The van der Waals surface area contributed by atoms with Crippen molar-refractivity contribution < 1.29 is 18.0 Å². The number of nitrogens with zero attached hydrogens (tertiary/aromatic N) is 2. The second-order valence-electron chi connectivity index (χ2n) is 9.78. The van der Waals surface area contributed by atoms with E-state index in [1.165, 1.54) is 24.1 Å². The summed E-state index contributed by atoms with van der Waals surface area (Å²) >= 11 is 6.91. The number of hydrogen-bond donors (Lipinski definition) is 1. The molecule has 0 aliphatic rings. The van der Waals surface area contributed by atoms with Gasteiger partial charge in [0.2, 0.25) is 11.8 Å². The van der Waals surface area contributed by atoms with Crippen molar-refractivity contribution in [2.75, 3.05) is 17.9 Å². The highest BCUT2D eigenvalue weighted by atomic mass is 79.9. The van der Waals surface area contributed by atoms with E-state index in [-0.39, 0.29) is 23.8 Å². The first-order valence-electron chi connectivity index (χ1n) is 13.2. The van der Waals surface area contributed by atoms with Gasteiger partial charge in [-0.3, -0.25) is 13.9 Å². The Morgan fingerprint density at radius 3 is 2.05 bits per heavy atom. The topological polar surface area (TPSA) is 86.8 Å². The standard InChI is InChI=1S/C32H31Br2N3O4S/c1-23-14-16-29(17-15-23)42(40,41)37(28-13-7-12-27(34)20-28)22-31(38)36(21-25-10-6-11-26(33)18-25)30(32(39)35-2)19-24-8-4-3-5-9-24/h3-18,20,30H,19,21-22H2,1-2H3,(H,35,39). The highest BCUT2D eigenvalue weighted by Crippen LogP contribution is 2.27. The second kappa shape index (κ2) is 14.1. The monoisotopic (exact) mass is 711 g/mol. The second-order valence-corrected chi connectivity index (χ2v) is 13.5. The lowest BCUT2D eigenvalue weighted by Crippen LogP contribution is -2.53. The van der Waals surface area contributed by atoms with E-state index in [9.17, 15) is 18.0 Å². The molecule has 4 aromatic carbocycles. The minimum Gasteiger partial charge on any atom is -0.357 e. The Kier molecular flexibility index (Phi) is 10.6. The van der Waals surface area contributed by atoms with Gasteiger partial charge in [0.25, 0.3) is 10.0 Å². The molecule has 218 valence electrons. The summed E-state index contributed by atoms with van der Waals surface area (Å²) in [6, 6.07) is 29.3. The molecule has 42 heavy (non-hydrogen) atoms. The van der Waals surface area contributed by atoms with Crippen LogP contribution in [-0.4, -0.2) is 44.8 Å². The van der Waals surface area contributed by atoms with Crippen LogP contribution in [0.25, 0.3) is 0 Å². The van der Waals surface area contributed by atoms with E-state index in [1.807, 2.05) is 61.5 Å². The molecule has 1 atom stereocenters. The quantitative estimate of drug-likeness (QED) is 0.204. The number of carbonyl (C=O) groups is 2. The highest BCUT2D eigenvalue weighted by molar-refractivity contribution is 9.10. The maximum atomic E-state index is 14.3. The van der Waals surface area contributed by atoms with Crippen molar-refractivity contribution >= 4 is 59.4 Å². The Hall–Kier alpha value is -3.47. The van der Waals surface area contributed by atoms with Crippen LogP contribution in [0.4, 0.5) is 5.69 Å². The summed E-state index contributed by atoms with van der Waals surface area (Å²) in [7, 11) is -2.62. The van der Waals surface area contributed by atoms with Crippen LogP contribution in [0.3, 0.4) is 0 Å². The maximum absolute atomic E-state index is 14.3. The van der Waals surface area contributed by atoms with E-state index in [0.717, 1.165) is 25.5 Å². The molecule has 7 nitrogen and oxygen atoms in total. The zero-order chi connectivity index (χ0) is 30.3. The van der Waals surface area contributed by atoms with Gasteiger partial charge in [-0.1, -0.05) is 98.1 Å². The molecule has 1 unspecified atom stereocenters.